The maximum atomic E-state index is 12.0. The van der Waals surface area contributed by atoms with Crippen LogP contribution in [0.4, 0.5) is 0 Å². The van der Waals surface area contributed by atoms with E-state index in [0.717, 1.165) is 0 Å². The first kappa shape index (κ1) is 15.1. The van der Waals surface area contributed by atoms with Gasteiger partial charge in [-0.2, -0.15) is 9.98 Å². The zero-order chi connectivity index (χ0) is 14.5. The zero-order valence-electron chi connectivity index (χ0n) is 10.2. The Morgan fingerprint density at radius 3 is 2.84 bits per heavy atom. The topological polar surface area (TPSA) is 120 Å². The number of carboxylic acids is 1. The minimum Gasteiger partial charge on any atom is -0.480 e. The zero-order valence-corrected chi connectivity index (χ0v) is 11.0. The van der Waals surface area contributed by atoms with Crippen molar-refractivity contribution in [3.05, 3.63) is 24.0 Å². The van der Waals surface area contributed by atoms with Gasteiger partial charge in [0.25, 0.3) is 0 Å². The summed E-state index contributed by atoms with van der Waals surface area (Å²) in [6.07, 6.45) is 1.96. The van der Waals surface area contributed by atoms with Crippen molar-refractivity contribution in [1.29, 1.82) is 5.26 Å². The number of nitriles is 1. The van der Waals surface area contributed by atoms with E-state index in [1.54, 1.807) is 13.0 Å². The number of nitrogens with zero attached hydrogens (tertiary/aromatic N) is 2. The molecular weight excluding hydrogens is 270 g/mol. The van der Waals surface area contributed by atoms with Gasteiger partial charge in [0.05, 0.1) is 0 Å². The fraction of sp³-hybridized carbons (Fsp3) is 0.364. The summed E-state index contributed by atoms with van der Waals surface area (Å²) < 4.78 is 26.1. The van der Waals surface area contributed by atoms with Gasteiger partial charge in [-0.3, -0.25) is 4.79 Å². The van der Waals surface area contributed by atoms with Crippen LogP contribution in [0, 0.1) is 11.3 Å². The highest BCUT2D eigenvalue weighted by atomic mass is 32.2. The van der Waals surface area contributed by atoms with Crippen LogP contribution in [-0.2, 0) is 14.8 Å². The Balaban J connectivity index is 3.11. The van der Waals surface area contributed by atoms with Gasteiger partial charge in [0.15, 0.2) is 5.69 Å². The van der Waals surface area contributed by atoms with Crippen molar-refractivity contribution < 1.29 is 18.3 Å². The lowest BCUT2D eigenvalue weighted by atomic mass is 10.2. The van der Waals surface area contributed by atoms with Crippen molar-refractivity contribution in [2.45, 2.75) is 30.7 Å². The Labute approximate surface area is 110 Å². The van der Waals surface area contributed by atoms with Gasteiger partial charge in [-0.05, 0) is 18.6 Å². The van der Waals surface area contributed by atoms with E-state index in [2.05, 4.69) is 9.71 Å². The van der Waals surface area contributed by atoms with Gasteiger partial charge < -0.3 is 5.11 Å². The molecule has 0 saturated carbocycles. The summed E-state index contributed by atoms with van der Waals surface area (Å²) in [5.41, 5.74) is -0.268. The number of rotatable bonds is 6. The van der Waals surface area contributed by atoms with Gasteiger partial charge >= 0.3 is 5.97 Å². The highest BCUT2D eigenvalue weighted by Crippen LogP contribution is 2.13. The lowest BCUT2D eigenvalue weighted by Crippen LogP contribution is -2.40. The maximum absolute atomic E-state index is 12.0. The van der Waals surface area contributed by atoms with Gasteiger partial charge in [0.1, 0.15) is 17.0 Å². The molecule has 102 valence electrons. The SMILES string of the molecule is CCC[C@H](NS(=O)(=O)c1cccnc1C#N)C(=O)O. The third-order valence-corrected chi connectivity index (χ3v) is 3.84. The summed E-state index contributed by atoms with van der Waals surface area (Å²) in [6, 6.07) is 3.01. The third kappa shape index (κ3) is 3.74. The summed E-state index contributed by atoms with van der Waals surface area (Å²) in [5.74, 6) is -1.26. The second-order valence-electron chi connectivity index (χ2n) is 3.76. The molecule has 0 aliphatic heterocycles. The summed E-state index contributed by atoms with van der Waals surface area (Å²) in [4.78, 5) is 14.3. The number of sulfonamides is 1. The molecule has 0 aromatic carbocycles. The molecule has 0 radical (unpaired) electrons. The van der Waals surface area contributed by atoms with Gasteiger partial charge in [-0.1, -0.05) is 13.3 Å². The summed E-state index contributed by atoms with van der Waals surface area (Å²) in [6.45, 7) is 1.75. The molecule has 7 nitrogen and oxygen atoms in total. The standard InChI is InChI=1S/C11H13N3O4S/c1-2-4-8(11(15)16)14-19(17,18)10-5-3-6-13-9(10)7-12/h3,5-6,8,14H,2,4H2,1H3,(H,15,16)/t8-/m0/s1. The Morgan fingerprint density at radius 2 is 2.32 bits per heavy atom. The smallest absolute Gasteiger partial charge is 0.321 e. The van der Waals surface area contributed by atoms with Crippen molar-refractivity contribution in [3.63, 3.8) is 0 Å². The largest absolute Gasteiger partial charge is 0.480 e. The fourth-order valence-electron chi connectivity index (χ4n) is 1.46. The molecule has 19 heavy (non-hydrogen) atoms. The number of pyridine rings is 1. The van der Waals surface area contributed by atoms with E-state index in [0.29, 0.717) is 6.42 Å². The van der Waals surface area contributed by atoms with E-state index >= 15 is 0 Å². The van der Waals surface area contributed by atoms with Crippen LogP contribution in [0.1, 0.15) is 25.5 Å². The summed E-state index contributed by atoms with van der Waals surface area (Å²) in [5, 5.41) is 17.7. The lowest BCUT2D eigenvalue weighted by Gasteiger charge is -2.14. The van der Waals surface area contributed by atoms with Crippen LogP contribution < -0.4 is 4.72 Å². The first-order chi connectivity index (χ1) is 8.92. The number of aliphatic carboxylic acids is 1. The molecule has 0 fully saturated rings. The number of hydrogen-bond donors (Lipinski definition) is 2. The highest BCUT2D eigenvalue weighted by Gasteiger charge is 2.26. The first-order valence-electron chi connectivity index (χ1n) is 5.52. The van der Waals surface area contributed by atoms with E-state index in [4.69, 9.17) is 10.4 Å². The molecule has 8 heteroatoms. The quantitative estimate of drug-likeness (QED) is 0.783. The summed E-state index contributed by atoms with van der Waals surface area (Å²) >= 11 is 0. The molecule has 0 saturated heterocycles. The van der Waals surface area contributed by atoms with Crippen molar-refractivity contribution in [3.8, 4) is 6.07 Å². The molecule has 0 spiro atoms. The predicted molar refractivity (Wildman–Crippen MR) is 65.6 cm³/mol. The van der Waals surface area contributed by atoms with Crippen molar-refractivity contribution in [2.75, 3.05) is 0 Å². The van der Waals surface area contributed by atoms with E-state index in [1.807, 2.05) is 0 Å². The Kier molecular flexibility index (Phi) is 4.97. The van der Waals surface area contributed by atoms with Gasteiger partial charge in [0, 0.05) is 6.20 Å². The normalized spacial score (nSPS) is 12.6. The second-order valence-corrected chi connectivity index (χ2v) is 5.45. The Bertz CT molecular complexity index is 607. The maximum Gasteiger partial charge on any atom is 0.321 e. The Hall–Kier alpha value is -1.98. The highest BCUT2D eigenvalue weighted by molar-refractivity contribution is 7.89. The monoisotopic (exact) mass is 283 g/mol. The number of hydrogen-bond acceptors (Lipinski definition) is 5. The molecule has 0 aliphatic carbocycles. The average molecular weight is 283 g/mol. The third-order valence-electron chi connectivity index (χ3n) is 2.34. The average Bonchev–Trinajstić information content (AvgIpc) is 2.38. The van der Waals surface area contributed by atoms with Crippen LogP contribution >= 0.6 is 0 Å². The molecule has 0 bridgehead atoms. The molecule has 0 aliphatic rings. The van der Waals surface area contributed by atoms with Gasteiger partial charge in [-0.25, -0.2) is 13.4 Å². The molecule has 1 aromatic rings. The number of carboxylic acid groups (broad SMARTS) is 1. The van der Waals surface area contributed by atoms with Crippen LogP contribution in [0.2, 0.25) is 0 Å². The van der Waals surface area contributed by atoms with E-state index in [-0.39, 0.29) is 17.0 Å². The summed E-state index contributed by atoms with van der Waals surface area (Å²) in [7, 11) is -4.09. The number of carbonyl (C=O) groups is 1. The first-order valence-corrected chi connectivity index (χ1v) is 7.01. The van der Waals surface area contributed by atoms with Crippen molar-refractivity contribution in [1.82, 2.24) is 9.71 Å². The van der Waals surface area contributed by atoms with E-state index < -0.39 is 22.0 Å². The van der Waals surface area contributed by atoms with Crippen LogP contribution in [0.5, 0.6) is 0 Å². The molecule has 2 N–H and O–H groups in total. The fourth-order valence-corrected chi connectivity index (χ4v) is 2.79. The molecule has 1 aromatic heterocycles. The van der Waals surface area contributed by atoms with Gasteiger partial charge in [-0.15, -0.1) is 0 Å². The minimum absolute atomic E-state index is 0.163. The number of aromatic nitrogens is 1. The molecule has 0 unspecified atom stereocenters. The van der Waals surface area contributed by atoms with Crippen LogP contribution in [-0.4, -0.2) is 30.5 Å². The van der Waals surface area contributed by atoms with Crippen LogP contribution in [0.25, 0.3) is 0 Å². The Morgan fingerprint density at radius 1 is 1.63 bits per heavy atom. The van der Waals surface area contributed by atoms with Crippen molar-refractivity contribution in [2.24, 2.45) is 0 Å². The van der Waals surface area contributed by atoms with Crippen molar-refractivity contribution >= 4 is 16.0 Å². The molecule has 1 rings (SSSR count). The van der Waals surface area contributed by atoms with Crippen LogP contribution in [0.3, 0.4) is 0 Å². The lowest BCUT2D eigenvalue weighted by molar-refractivity contribution is -0.139. The molecule has 1 atom stereocenters. The van der Waals surface area contributed by atoms with E-state index in [1.165, 1.54) is 18.3 Å². The molecule has 1 heterocycles. The minimum atomic E-state index is -4.09. The number of nitrogens with one attached hydrogen (secondary N) is 1. The molecule has 0 amide bonds. The second kappa shape index (κ2) is 6.26. The van der Waals surface area contributed by atoms with E-state index in [9.17, 15) is 13.2 Å². The predicted octanol–water partition coefficient (Wildman–Crippen LogP) is 0.485. The molecular formula is C11H13N3O4S. The van der Waals surface area contributed by atoms with Gasteiger partial charge in [0.2, 0.25) is 10.0 Å². The van der Waals surface area contributed by atoms with Crippen LogP contribution in [0.15, 0.2) is 23.2 Å².